The van der Waals surface area contributed by atoms with Crippen molar-refractivity contribution in [3.8, 4) is 0 Å². The van der Waals surface area contributed by atoms with E-state index in [4.69, 9.17) is 16.0 Å². The van der Waals surface area contributed by atoms with E-state index in [1.165, 1.54) is 10.9 Å². The molecule has 4 N–H and O–H groups in total. The van der Waals surface area contributed by atoms with Gasteiger partial charge in [-0.25, -0.2) is 15.0 Å². The Morgan fingerprint density at radius 3 is 2.95 bits per heavy atom. The summed E-state index contributed by atoms with van der Waals surface area (Å²) < 4.78 is 7.16. The Kier molecular flexibility index (Phi) is 3.54. The summed E-state index contributed by atoms with van der Waals surface area (Å²) in [6.07, 6.45) is -2.84. The molecular formula is C11H14N8O3. The van der Waals surface area contributed by atoms with Crippen LogP contribution in [0.4, 0.5) is 5.82 Å². The van der Waals surface area contributed by atoms with Crippen molar-refractivity contribution >= 4 is 17.0 Å². The van der Waals surface area contributed by atoms with Gasteiger partial charge >= 0.3 is 0 Å². The molecule has 4 unspecified atom stereocenters. The maximum absolute atomic E-state index is 10.2. The van der Waals surface area contributed by atoms with Crippen molar-refractivity contribution in [3.63, 3.8) is 0 Å². The van der Waals surface area contributed by atoms with Crippen molar-refractivity contribution in [1.82, 2.24) is 19.5 Å². The molecule has 0 spiro atoms. The molecule has 0 aliphatic carbocycles. The van der Waals surface area contributed by atoms with E-state index in [0.29, 0.717) is 17.0 Å². The molecule has 0 amide bonds. The fourth-order valence-electron chi connectivity index (χ4n) is 2.55. The molecule has 2 aromatic heterocycles. The SMILES string of the molecule is Cc1nc2c(N)ncnc2n1C1OC(CN=[N+]=[N-])C(O)C1O. The number of aliphatic hydroxyl groups excluding tert-OH is 2. The normalized spacial score (nSPS) is 28.0. The molecule has 11 heteroatoms. The van der Waals surface area contributed by atoms with Gasteiger partial charge in [0.2, 0.25) is 0 Å². The number of nitrogens with zero attached hydrogens (tertiary/aromatic N) is 7. The molecule has 0 saturated carbocycles. The Hall–Kier alpha value is -2.46. The average Bonchev–Trinajstić information content (AvgIpc) is 2.97. The molecule has 1 aliphatic heterocycles. The summed E-state index contributed by atoms with van der Waals surface area (Å²) in [5.41, 5.74) is 14.9. The molecule has 1 aliphatic rings. The zero-order valence-corrected chi connectivity index (χ0v) is 11.6. The number of anilines is 1. The summed E-state index contributed by atoms with van der Waals surface area (Å²) in [4.78, 5) is 14.9. The lowest BCUT2D eigenvalue weighted by atomic mass is 10.1. The monoisotopic (exact) mass is 306 g/mol. The first-order valence-electron chi connectivity index (χ1n) is 6.52. The predicted molar refractivity (Wildman–Crippen MR) is 74.4 cm³/mol. The fourth-order valence-corrected chi connectivity index (χ4v) is 2.55. The Labute approximate surface area is 124 Å². The van der Waals surface area contributed by atoms with Crippen molar-refractivity contribution in [3.05, 3.63) is 22.6 Å². The number of hydrogen-bond donors (Lipinski definition) is 3. The maximum atomic E-state index is 10.2. The topological polar surface area (TPSA) is 168 Å². The number of nitrogens with two attached hydrogens (primary N) is 1. The summed E-state index contributed by atoms with van der Waals surface area (Å²) in [5.74, 6) is 0.716. The Morgan fingerprint density at radius 2 is 2.23 bits per heavy atom. The Balaban J connectivity index is 2.03. The van der Waals surface area contributed by atoms with Crippen LogP contribution in [0.3, 0.4) is 0 Å². The lowest BCUT2D eigenvalue weighted by Gasteiger charge is -2.18. The van der Waals surface area contributed by atoms with Gasteiger partial charge in [0.15, 0.2) is 23.2 Å². The lowest BCUT2D eigenvalue weighted by molar-refractivity contribution is -0.0332. The van der Waals surface area contributed by atoms with Crippen molar-refractivity contribution < 1.29 is 14.9 Å². The van der Waals surface area contributed by atoms with Crippen LogP contribution in [0.2, 0.25) is 0 Å². The highest BCUT2D eigenvalue weighted by molar-refractivity contribution is 5.81. The van der Waals surface area contributed by atoms with E-state index in [1.54, 1.807) is 6.92 Å². The van der Waals surface area contributed by atoms with Crippen LogP contribution in [0.25, 0.3) is 21.6 Å². The first-order valence-corrected chi connectivity index (χ1v) is 6.52. The second kappa shape index (κ2) is 5.39. The van der Waals surface area contributed by atoms with Gasteiger partial charge in [-0.15, -0.1) is 0 Å². The number of rotatable bonds is 3. The number of fused-ring (bicyclic) bond motifs is 1. The summed E-state index contributed by atoms with van der Waals surface area (Å²) >= 11 is 0. The standard InChI is InChI=1S/C11H14N8O3/c1-4-17-6-9(12)14-3-15-10(6)19(4)11-8(21)7(20)5(22-11)2-16-18-13/h3,5,7-8,11,20-21H,2H2,1H3,(H2,12,14,15). The molecule has 0 bridgehead atoms. The van der Waals surface area contributed by atoms with Crippen LogP contribution in [0.15, 0.2) is 11.4 Å². The van der Waals surface area contributed by atoms with Crippen molar-refractivity contribution in [2.75, 3.05) is 12.3 Å². The van der Waals surface area contributed by atoms with Gasteiger partial charge < -0.3 is 20.7 Å². The van der Waals surface area contributed by atoms with Crippen molar-refractivity contribution in [2.45, 2.75) is 31.5 Å². The van der Waals surface area contributed by atoms with Gasteiger partial charge in [-0.2, -0.15) is 0 Å². The number of aliphatic hydroxyl groups is 2. The number of imidazole rings is 1. The van der Waals surface area contributed by atoms with E-state index in [2.05, 4.69) is 25.0 Å². The number of azide groups is 1. The van der Waals surface area contributed by atoms with Crippen molar-refractivity contribution in [1.29, 1.82) is 0 Å². The van der Waals surface area contributed by atoms with Gasteiger partial charge in [0, 0.05) is 4.91 Å². The fraction of sp³-hybridized carbons (Fsp3) is 0.545. The number of nitrogen functional groups attached to an aromatic ring is 1. The minimum Gasteiger partial charge on any atom is -0.388 e. The summed E-state index contributed by atoms with van der Waals surface area (Å²) in [5, 5.41) is 23.6. The van der Waals surface area contributed by atoms with Crippen LogP contribution in [0.5, 0.6) is 0 Å². The summed E-state index contributed by atoms with van der Waals surface area (Å²) in [7, 11) is 0. The molecule has 0 aromatic carbocycles. The second-order valence-corrected chi connectivity index (χ2v) is 4.92. The van der Waals surface area contributed by atoms with Crippen LogP contribution in [0, 0.1) is 6.92 Å². The second-order valence-electron chi connectivity index (χ2n) is 4.92. The quantitative estimate of drug-likeness (QED) is 0.395. The molecule has 1 saturated heterocycles. The minimum absolute atomic E-state index is 0.0893. The Bertz CT molecular complexity index is 755. The molecule has 22 heavy (non-hydrogen) atoms. The van der Waals surface area contributed by atoms with E-state index < -0.39 is 24.5 Å². The third-order valence-corrected chi connectivity index (χ3v) is 3.60. The van der Waals surface area contributed by atoms with E-state index >= 15 is 0 Å². The highest BCUT2D eigenvalue weighted by Crippen LogP contribution is 2.33. The Morgan fingerprint density at radius 1 is 1.45 bits per heavy atom. The summed E-state index contributed by atoms with van der Waals surface area (Å²) in [6, 6.07) is 0. The highest BCUT2D eigenvalue weighted by Gasteiger charge is 2.44. The molecule has 3 rings (SSSR count). The molecule has 4 atom stereocenters. The van der Waals surface area contributed by atoms with Gasteiger partial charge in [-0.3, -0.25) is 4.57 Å². The highest BCUT2D eigenvalue weighted by atomic mass is 16.6. The largest absolute Gasteiger partial charge is 0.388 e. The number of aromatic nitrogens is 4. The van der Waals surface area contributed by atoms with Crippen LogP contribution in [0.1, 0.15) is 12.1 Å². The minimum atomic E-state index is -1.22. The van der Waals surface area contributed by atoms with Gasteiger partial charge in [-0.05, 0) is 12.5 Å². The third-order valence-electron chi connectivity index (χ3n) is 3.60. The average molecular weight is 306 g/mol. The molecule has 0 radical (unpaired) electrons. The smallest absolute Gasteiger partial charge is 0.167 e. The number of aryl methyl sites for hydroxylation is 1. The number of ether oxygens (including phenoxy) is 1. The van der Waals surface area contributed by atoms with Crippen LogP contribution in [-0.4, -0.2) is 54.6 Å². The maximum Gasteiger partial charge on any atom is 0.167 e. The third kappa shape index (κ3) is 2.12. The molecular weight excluding hydrogens is 292 g/mol. The van der Waals surface area contributed by atoms with Gasteiger partial charge in [0.25, 0.3) is 0 Å². The van der Waals surface area contributed by atoms with Gasteiger partial charge in [0.05, 0.1) is 12.6 Å². The summed E-state index contributed by atoms with van der Waals surface area (Å²) in [6.45, 7) is 1.61. The zero-order chi connectivity index (χ0) is 15.9. The van der Waals surface area contributed by atoms with E-state index in [1.807, 2.05) is 0 Å². The lowest BCUT2D eigenvalue weighted by Crippen LogP contribution is -2.33. The van der Waals surface area contributed by atoms with E-state index in [9.17, 15) is 10.2 Å². The van der Waals surface area contributed by atoms with Gasteiger partial charge in [0.1, 0.15) is 24.4 Å². The van der Waals surface area contributed by atoms with Crippen LogP contribution in [-0.2, 0) is 4.74 Å². The first-order chi connectivity index (χ1) is 10.5. The molecule has 116 valence electrons. The number of hydrogen-bond acceptors (Lipinski definition) is 8. The van der Waals surface area contributed by atoms with Crippen LogP contribution < -0.4 is 5.73 Å². The van der Waals surface area contributed by atoms with E-state index in [-0.39, 0.29) is 12.4 Å². The van der Waals surface area contributed by atoms with E-state index in [0.717, 1.165) is 0 Å². The first kappa shape index (κ1) is 14.5. The zero-order valence-electron chi connectivity index (χ0n) is 11.6. The van der Waals surface area contributed by atoms with Gasteiger partial charge in [-0.1, -0.05) is 5.11 Å². The molecule has 1 fully saturated rings. The van der Waals surface area contributed by atoms with Crippen molar-refractivity contribution in [2.24, 2.45) is 5.11 Å². The van der Waals surface area contributed by atoms with Crippen LogP contribution >= 0.6 is 0 Å². The molecule has 3 heterocycles. The molecule has 11 nitrogen and oxygen atoms in total. The predicted octanol–water partition coefficient (Wildman–Crippen LogP) is -0.354. The molecule has 2 aromatic rings.